The van der Waals surface area contributed by atoms with E-state index in [1.807, 2.05) is 19.2 Å². The predicted molar refractivity (Wildman–Crippen MR) is 110 cm³/mol. The van der Waals surface area contributed by atoms with Crippen LogP contribution in [0.5, 0.6) is 0 Å². The summed E-state index contributed by atoms with van der Waals surface area (Å²) >= 11 is 1.48. The molecule has 146 valence electrons. The predicted octanol–water partition coefficient (Wildman–Crippen LogP) is 3.03. The summed E-state index contributed by atoms with van der Waals surface area (Å²) in [5, 5.41) is 9.69. The summed E-state index contributed by atoms with van der Waals surface area (Å²) in [6.07, 6.45) is 5.79. The van der Waals surface area contributed by atoms with Crippen LogP contribution in [0.15, 0.2) is 52.8 Å². The van der Waals surface area contributed by atoms with Crippen molar-refractivity contribution in [3.8, 4) is 6.07 Å². The number of nitrogens with zero attached hydrogens (tertiary/aromatic N) is 6. The van der Waals surface area contributed by atoms with Crippen LogP contribution in [0.3, 0.4) is 0 Å². The average Bonchev–Trinajstić information content (AvgIpc) is 2.78. The van der Waals surface area contributed by atoms with Gasteiger partial charge in [0.15, 0.2) is 0 Å². The number of nitriles is 1. The molecule has 1 saturated heterocycles. The van der Waals surface area contributed by atoms with E-state index in [1.165, 1.54) is 23.0 Å². The summed E-state index contributed by atoms with van der Waals surface area (Å²) in [6, 6.07) is 10.5. The zero-order valence-electron chi connectivity index (χ0n) is 16.1. The van der Waals surface area contributed by atoms with Gasteiger partial charge in [-0.1, -0.05) is 23.9 Å². The minimum atomic E-state index is 0.162. The van der Waals surface area contributed by atoms with Crippen molar-refractivity contribution in [2.45, 2.75) is 23.3 Å². The Morgan fingerprint density at radius 2 is 1.79 bits per heavy atom. The van der Waals surface area contributed by atoms with Gasteiger partial charge in [0.2, 0.25) is 5.82 Å². The van der Waals surface area contributed by atoms with Gasteiger partial charge >= 0.3 is 0 Å². The minimum Gasteiger partial charge on any atom is -0.378 e. The SMILES string of the molecule is Cc1cnc(Cc2ccc(N3CCOCC3)cc2)nc1Sc1cnc(C#N)nc1. The first-order valence-corrected chi connectivity index (χ1v) is 10.2. The fourth-order valence-electron chi connectivity index (χ4n) is 3.02. The Bertz CT molecular complexity index is 1010. The summed E-state index contributed by atoms with van der Waals surface area (Å²) in [5.41, 5.74) is 3.38. The monoisotopic (exact) mass is 404 g/mol. The zero-order chi connectivity index (χ0) is 20.1. The van der Waals surface area contributed by atoms with Crippen molar-refractivity contribution in [2.75, 3.05) is 31.2 Å². The lowest BCUT2D eigenvalue weighted by Crippen LogP contribution is -2.36. The van der Waals surface area contributed by atoms with Gasteiger partial charge in [0.25, 0.3) is 0 Å². The Morgan fingerprint density at radius 3 is 2.48 bits per heavy atom. The normalized spacial score (nSPS) is 13.9. The molecule has 0 atom stereocenters. The lowest BCUT2D eigenvalue weighted by molar-refractivity contribution is 0.122. The van der Waals surface area contributed by atoms with Crippen molar-refractivity contribution in [3.63, 3.8) is 0 Å². The summed E-state index contributed by atoms with van der Waals surface area (Å²) in [7, 11) is 0. The largest absolute Gasteiger partial charge is 0.378 e. The average molecular weight is 404 g/mol. The van der Waals surface area contributed by atoms with E-state index in [9.17, 15) is 0 Å². The van der Waals surface area contributed by atoms with Crippen LogP contribution in [0, 0.1) is 18.3 Å². The minimum absolute atomic E-state index is 0.162. The molecule has 0 bridgehead atoms. The maximum Gasteiger partial charge on any atom is 0.232 e. The van der Waals surface area contributed by atoms with Gasteiger partial charge in [-0.2, -0.15) is 5.26 Å². The lowest BCUT2D eigenvalue weighted by Gasteiger charge is -2.28. The molecular formula is C21H20N6OS. The van der Waals surface area contributed by atoms with E-state index in [4.69, 9.17) is 15.0 Å². The third kappa shape index (κ3) is 4.88. The highest BCUT2D eigenvalue weighted by Gasteiger charge is 2.12. The third-order valence-electron chi connectivity index (χ3n) is 4.59. The van der Waals surface area contributed by atoms with Gasteiger partial charge in [0.1, 0.15) is 16.9 Å². The third-order valence-corrected chi connectivity index (χ3v) is 5.65. The molecule has 0 spiro atoms. The van der Waals surface area contributed by atoms with E-state index in [2.05, 4.69) is 44.1 Å². The highest BCUT2D eigenvalue weighted by Crippen LogP contribution is 2.27. The van der Waals surface area contributed by atoms with Gasteiger partial charge in [-0.3, -0.25) is 0 Å². The Balaban J connectivity index is 1.46. The number of rotatable bonds is 5. The fourth-order valence-corrected chi connectivity index (χ4v) is 3.82. The van der Waals surface area contributed by atoms with E-state index < -0.39 is 0 Å². The van der Waals surface area contributed by atoms with Gasteiger partial charge in [-0.05, 0) is 30.2 Å². The Morgan fingerprint density at radius 1 is 1.07 bits per heavy atom. The number of hydrogen-bond acceptors (Lipinski definition) is 8. The van der Waals surface area contributed by atoms with E-state index >= 15 is 0 Å². The molecule has 7 nitrogen and oxygen atoms in total. The molecule has 0 amide bonds. The van der Waals surface area contributed by atoms with Crippen LogP contribution in [0.1, 0.15) is 22.8 Å². The second kappa shape index (κ2) is 8.99. The van der Waals surface area contributed by atoms with Gasteiger partial charge in [0.05, 0.1) is 18.1 Å². The van der Waals surface area contributed by atoms with Crippen molar-refractivity contribution in [1.82, 2.24) is 19.9 Å². The van der Waals surface area contributed by atoms with E-state index in [1.54, 1.807) is 12.4 Å². The number of aryl methyl sites for hydroxylation is 1. The first-order valence-electron chi connectivity index (χ1n) is 9.35. The van der Waals surface area contributed by atoms with Crippen molar-refractivity contribution in [1.29, 1.82) is 5.26 Å². The molecule has 1 aliphatic rings. The number of morpholine rings is 1. The maximum atomic E-state index is 8.82. The van der Waals surface area contributed by atoms with Crippen LogP contribution in [0.2, 0.25) is 0 Å². The van der Waals surface area contributed by atoms with E-state index in [0.717, 1.165) is 47.6 Å². The molecule has 3 aromatic rings. The summed E-state index contributed by atoms with van der Waals surface area (Å²) in [6.45, 7) is 5.40. The van der Waals surface area contributed by atoms with Gasteiger partial charge < -0.3 is 9.64 Å². The molecule has 0 N–H and O–H groups in total. The molecule has 29 heavy (non-hydrogen) atoms. The first kappa shape index (κ1) is 19.3. The molecule has 1 fully saturated rings. The smallest absolute Gasteiger partial charge is 0.232 e. The highest BCUT2D eigenvalue weighted by molar-refractivity contribution is 7.99. The molecule has 1 aromatic carbocycles. The van der Waals surface area contributed by atoms with Crippen LogP contribution in [0.4, 0.5) is 5.69 Å². The van der Waals surface area contributed by atoms with Crippen LogP contribution in [-0.2, 0) is 11.2 Å². The van der Waals surface area contributed by atoms with Crippen molar-refractivity contribution in [2.24, 2.45) is 0 Å². The topological polar surface area (TPSA) is 87.8 Å². The molecule has 0 unspecified atom stereocenters. The first-order chi connectivity index (χ1) is 14.2. The standard InChI is InChI=1S/C21H20N6OS/c1-15-12-23-19(26-21(15)29-18-13-24-20(11-22)25-14-18)10-16-2-4-17(5-3-16)27-6-8-28-9-7-27/h2-5,12-14H,6-10H2,1H3. The van der Waals surface area contributed by atoms with Gasteiger partial charge in [-0.15, -0.1) is 0 Å². The molecule has 0 saturated carbocycles. The van der Waals surface area contributed by atoms with Crippen molar-refractivity contribution in [3.05, 3.63) is 65.6 Å². The second-order valence-corrected chi connectivity index (χ2v) is 7.74. The molecule has 2 aromatic heterocycles. The number of ether oxygens (including phenoxy) is 1. The molecule has 8 heteroatoms. The Kier molecular flexibility index (Phi) is 5.98. The van der Waals surface area contributed by atoms with Gasteiger partial charge in [0, 0.05) is 43.8 Å². The fraction of sp³-hybridized carbons (Fsp3) is 0.286. The number of anilines is 1. The second-order valence-electron chi connectivity index (χ2n) is 6.67. The molecule has 0 aliphatic carbocycles. The number of hydrogen-bond donors (Lipinski definition) is 0. The molecule has 4 rings (SSSR count). The summed E-state index contributed by atoms with van der Waals surface area (Å²) in [4.78, 5) is 20.4. The Labute approximate surface area is 173 Å². The summed E-state index contributed by atoms with van der Waals surface area (Å²) < 4.78 is 5.42. The quantitative estimate of drug-likeness (QED) is 0.600. The van der Waals surface area contributed by atoms with Crippen LogP contribution in [-0.4, -0.2) is 46.2 Å². The molecule has 1 aliphatic heterocycles. The van der Waals surface area contributed by atoms with E-state index in [0.29, 0.717) is 6.42 Å². The number of benzene rings is 1. The van der Waals surface area contributed by atoms with E-state index in [-0.39, 0.29) is 5.82 Å². The Hall–Kier alpha value is -3.02. The van der Waals surface area contributed by atoms with Crippen molar-refractivity contribution < 1.29 is 4.74 Å². The highest BCUT2D eigenvalue weighted by atomic mass is 32.2. The van der Waals surface area contributed by atoms with Crippen LogP contribution in [0.25, 0.3) is 0 Å². The lowest BCUT2D eigenvalue weighted by atomic mass is 10.1. The van der Waals surface area contributed by atoms with Crippen molar-refractivity contribution >= 4 is 17.4 Å². The van der Waals surface area contributed by atoms with Gasteiger partial charge in [-0.25, -0.2) is 19.9 Å². The van der Waals surface area contributed by atoms with Crippen LogP contribution >= 0.6 is 11.8 Å². The zero-order valence-corrected chi connectivity index (χ0v) is 16.9. The summed E-state index contributed by atoms with van der Waals surface area (Å²) in [5.74, 6) is 0.932. The molecule has 0 radical (unpaired) electrons. The maximum absolute atomic E-state index is 8.82. The molecule has 3 heterocycles. The molecular weight excluding hydrogens is 384 g/mol. The number of aromatic nitrogens is 4. The van der Waals surface area contributed by atoms with Crippen LogP contribution < -0.4 is 4.90 Å².